The lowest BCUT2D eigenvalue weighted by Crippen LogP contribution is -2.28. The number of halogens is 1. The first-order chi connectivity index (χ1) is 17.4. The van der Waals surface area contributed by atoms with Gasteiger partial charge in [-0.1, -0.05) is 73.1 Å². The van der Waals surface area contributed by atoms with Gasteiger partial charge in [0.1, 0.15) is 4.83 Å². The zero-order valence-electron chi connectivity index (χ0n) is 20.2. The monoisotopic (exact) mass is 536 g/mol. The SMILES string of the molecule is Cc1ccc(-n2c(=O)c3c4c(sc3n3c(SCc5ccccc5Cl)nnc23)CO[C@@H](C(C)C)C4)cc1. The Kier molecular flexibility index (Phi) is 6.16. The van der Waals surface area contributed by atoms with Gasteiger partial charge in [-0.05, 0) is 42.2 Å². The largest absolute Gasteiger partial charge is 0.372 e. The highest BCUT2D eigenvalue weighted by atomic mass is 35.5. The summed E-state index contributed by atoms with van der Waals surface area (Å²) >= 11 is 9.59. The second kappa shape index (κ2) is 9.34. The topological polar surface area (TPSA) is 61.4 Å². The van der Waals surface area contributed by atoms with Gasteiger partial charge < -0.3 is 4.74 Å². The highest BCUT2D eigenvalue weighted by molar-refractivity contribution is 7.98. The van der Waals surface area contributed by atoms with Crippen LogP contribution in [-0.4, -0.2) is 25.3 Å². The van der Waals surface area contributed by atoms with E-state index in [0.29, 0.717) is 24.1 Å². The molecule has 0 N–H and O–H groups in total. The Labute approximate surface area is 221 Å². The molecule has 0 aliphatic carbocycles. The number of fused-ring (bicyclic) bond motifs is 5. The van der Waals surface area contributed by atoms with E-state index in [-0.39, 0.29) is 11.7 Å². The third kappa shape index (κ3) is 3.96. The molecule has 0 fully saturated rings. The van der Waals surface area contributed by atoms with Crippen LogP contribution in [0.5, 0.6) is 0 Å². The second-order valence-electron chi connectivity index (χ2n) is 9.46. The first-order valence-electron chi connectivity index (χ1n) is 11.9. The Morgan fingerprint density at radius 3 is 2.69 bits per heavy atom. The number of aryl methyl sites for hydroxylation is 1. The van der Waals surface area contributed by atoms with Crippen molar-refractivity contribution in [2.24, 2.45) is 5.92 Å². The van der Waals surface area contributed by atoms with Crippen molar-refractivity contribution in [3.8, 4) is 5.69 Å². The van der Waals surface area contributed by atoms with Crippen LogP contribution < -0.4 is 5.56 Å². The van der Waals surface area contributed by atoms with Crippen molar-refractivity contribution in [3.63, 3.8) is 0 Å². The molecule has 2 aromatic carbocycles. The Morgan fingerprint density at radius 1 is 1.17 bits per heavy atom. The number of nitrogens with zero attached hydrogens (tertiary/aromatic N) is 4. The zero-order valence-corrected chi connectivity index (χ0v) is 22.6. The molecule has 1 aliphatic rings. The molecule has 0 spiro atoms. The van der Waals surface area contributed by atoms with Crippen LogP contribution in [0.1, 0.15) is 35.4 Å². The minimum absolute atomic E-state index is 0.0571. The van der Waals surface area contributed by atoms with Crippen molar-refractivity contribution in [3.05, 3.63) is 85.5 Å². The molecule has 0 unspecified atom stereocenters. The van der Waals surface area contributed by atoms with Crippen LogP contribution in [0.3, 0.4) is 0 Å². The van der Waals surface area contributed by atoms with Gasteiger partial charge in [-0.15, -0.1) is 21.5 Å². The molecule has 0 bridgehead atoms. The molecule has 0 radical (unpaired) electrons. The minimum Gasteiger partial charge on any atom is -0.372 e. The summed E-state index contributed by atoms with van der Waals surface area (Å²) in [5, 5.41) is 11.2. The minimum atomic E-state index is -0.0571. The molecule has 0 saturated carbocycles. The average molecular weight is 537 g/mol. The third-order valence-electron chi connectivity index (χ3n) is 6.69. The van der Waals surface area contributed by atoms with Gasteiger partial charge in [-0.3, -0.25) is 4.79 Å². The lowest BCUT2D eigenvalue weighted by Gasteiger charge is -2.26. The number of thiophene rings is 1. The number of rotatable bonds is 5. The molecule has 6 nitrogen and oxygen atoms in total. The van der Waals surface area contributed by atoms with Gasteiger partial charge in [-0.25, -0.2) is 8.97 Å². The highest BCUT2D eigenvalue weighted by Crippen LogP contribution is 2.38. The van der Waals surface area contributed by atoms with Gasteiger partial charge in [0.2, 0.25) is 5.78 Å². The summed E-state index contributed by atoms with van der Waals surface area (Å²) in [6, 6.07) is 15.8. The Bertz CT molecular complexity index is 1650. The van der Waals surface area contributed by atoms with Crippen LogP contribution in [0.4, 0.5) is 0 Å². The van der Waals surface area contributed by atoms with Crippen molar-refractivity contribution in [1.29, 1.82) is 0 Å². The Balaban J connectivity index is 1.59. The lowest BCUT2D eigenvalue weighted by atomic mass is 9.96. The fourth-order valence-corrected chi connectivity index (χ4v) is 7.16. The summed E-state index contributed by atoms with van der Waals surface area (Å²) in [7, 11) is 0. The van der Waals surface area contributed by atoms with Crippen molar-refractivity contribution in [1.82, 2.24) is 19.2 Å². The second-order valence-corrected chi connectivity index (χ2v) is 11.9. The molecule has 36 heavy (non-hydrogen) atoms. The van der Waals surface area contributed by atoms with Gasteiger partial charge in [0.25, 0.3) is 5.56 Å². The summed E-state index contributed by atoms with van der Waals surface area (Å²) in [4.78, 5) is 16.1. The van der Waals surface area contributed by atoms with Crippen LogP contribution in [0.2, 0.25) is 5.02 Å². The summed E-state index contributed by atoms with van der Waals surface area (Å²) in [5.41, 5.74) is 3.98. The van der Waals surface area contributed by atoms with E-state index in [0.717, 1.165) is 54.1 Å². The van der Waals surface area contributed by atoms with Gasteiger partial charge in [0.05, 0.1) is 23.8 Å². The first-order valence-corrected chi connectivity index (χ1v) is 14.1. The molecule has 5 aromatic rings. The zero-order chi connectivity index (χ0) is 25.0. The smallest absolute Gasteiger partial charge is 0.268 e. The molecule has 1 aliphatic heterocycles. The van der Waals surface area contributed by atoms with E-state index < -0.39 is 0 Å². The van der Waals surface area contributed by atoms with Gasteiger partial charge in [0, 0.05) is 22.1 Å². The van der Waals surface area contributed by atoms with Gasteiger partial charge in [0.15, 0.2) is 5.16 Å². The molecule has 6 rings (SSSR count). The molecule has 9 heteroatoms. The highest BCUT2D eigenvalue weighted by Gasteiger charge is 2.30. The predicted molar refractivity (Wildman–Crippen MR) is 147 cm³/mol. The van der Waals surface area contributed by atoms with E-state index >= 15 is 0 Å². The van der Waals surface area contributed by atoms with Gasteiger partial charge >= 0.3 is 0 Å². The van der Waals surface area contributed by atoms with Crippen LogP contribution in [-0.2, 0) is 23.5 Å². The number of ether oxygens (including phenoxy) is 1. The standard InChI is InChI=1S/C27H25ClN4O2S2/c1-15(2)21-12-19-22(13-34-21)36-25-23(19)24(33)31(18-10-8-16(3)9-11-18)26-29-30-27(32(25)26)35-14-17-6-4-5-7-20(17)28/h4-11,15,21H,12-14H2,1-3H3/t21-/m1/s1. The summed E-state index contributed by atoms with van der Waals surface area (Å²) in [6.07, 6.45) is 0.819. The van der Waals surface area contributed by atoms with Gasteiger partial charge in [-0.2, -0.15) is 0 Å². The fraction of sp³-hybridized carbons (Fsp3) is 0.296. The number of hydrogen-bond acceptors (Lipinski definition) is 6. The lowest BCUT2D eigenvalue weighted by molar-refractivity contribution is 0.00200. The van der Waals surface area contributed by atoms with E-state index in [1.165, 1.54) is 0 Å². The number of benzene rings is 2. The number of aromatic nitrogens is 4. The maximum atomic E-state index is 14.1. The normalized spacial score (nSPS) is 15.8. The number of hydrogen-bond donors (Lipinski definition) is 0. The summed E-state index contributed by atoms with van der Waals surface area (Å²) in [6.45, 7) is 6.88. The quantitative estimate of drug-likeness (QED) is 0.242. The summed E-state index contributed by atoms with van der Waals surface area (Å²) < 4.78 is 9.88. The maximum absolute atomic E-state index is 14.1. The fourth-order valence-electron chi connectivity index (χ4n) is 4.64. The average Bonchev–Trinajstić information content (AvgIpc) is 3.46. The van der Waals surface area contributed by atoms with Crippen LogP contribution in [0.15, 0.2) is 58.5 Å². The third-order valence-corrected chi connectivity index (χ3v) is 9.23. The molecular weight excluding hydrogens is 512 g/mol. The molecule has 0 saturated heterocycles. The van der Waals surface area contributed by atoms with Crippen LogP contribution in [0.25, 0.3) is 21.7 Å². The van der Waals surface area contributed by atoms with Crippen molar-refractivity contribution in [2.75, 3.05) is 0 Å². The maximum Gasteiger partial charge on any atom is 0.268 e. The van der Waals surface area contributed by atoms with E-state index in [1.54, 1.807) is 27.7 Å². The predicted octanol–water partition coefficient (Wildman–Crippen LogP) is 6.45. The van der Waals surface area contributed by atoms with Crippen LogP contribution in [0, 0.1) is 12.8 Å². The molecule has 3 aromatic heterocycles. The van der Waals surface area contributed by atoms with Crippen molar-refractivity contribution >= 4 is 50.7 Å². The van der Waals surface area contributed by atoms with E-state index in [4.69, 9.17) is 16.3 Å². The molecule has 184 valence electrons. The van der Waals surface area contributed by atoms with E-state index in [9.17, 15) is 4.79 Å². The summed E-state index contributed by atoms with van der Waals surface area (Å²) in [5.74, 6) is 1.53. The van der Waals surface area contributed by atoms with Crippen molar-refractivity contribution < 1.29 is 4.74 Å². The molecular formula is C27H25ClN4O2S2. The Hall–Kier alpha value is -2.65. The Morgan fingerprint density at radius 2 is 1.94 bits per heavy atom. The molecule has 1 atom stereocenters. The van der Waals surface area contributed by atoms with E-state index in [2.05, 4.69) is 24.0 Å². The first kappa shape index (κ1) is 23.7. The molecule has 4 heterocycles. The van der Waals surface area contributed by atoms with E-state index in [1.807, 2.05) is 59.9 Å². The molecule has 0 amide bonds. The van der Waals surface area contributed by atoms with Crippen molar-refractivity contribution in [2.45, 2.75) is 50.8 Å². The number of thioether (sulfide) groups is 1. The van der Waals surface area contributed by atoms with Crippen LogP contribution >= 0.6 is 34.7 Å².